The van der Waals surface area contributed by atoms with Gasteiger partial charge in [0.1, 0.15) is 0 Å². The molecule has 1 fully saturated rings. The third-order valence-electron chi connectivity index (χ3n) is 4.71. The molecule has 1 aromatic rings. The van der Waals surface area contributed by atoms with Crippen molar-refractivity contribution in [2.75, 3.05) is 0 Å². The van der Waals surface area contributed by atoms with E-state index in [9.17, 15) is 0 Å². The quantitative estimate of drug-likeness (QED) is 0.451. The Morgan fingerprint density at radius 3 is 2.46 bits per heavy atom. The zero-order chi connectivity index (χ0) is 17.0. The smallest absolute Gasteiger partial charge is 0.0912 e. The molecule has 0 atom stereocenters. The Balaban J connectivity index is 1.68. The predicted octanol–water partition coefficient (Wildman–Crippen LogP) is 5.74. The predicted molar refractivity (Wildman–Crippen MR) is 99.5 cm³/mol. The number of rotatable bonds is 8. The summed E-state index contributed by atoms with van der Waals surface area (Å²) in [6.07, 6.45) is 16.2. The van der Waals surface area contributed by atoms with Crippen LogP contribution in [0.3, 0.4) is 0 Å². The Bertz CT molecular complexity index is 557. The molecule has 24 heavy (non-hydrogen) atoms. The summed E-state index contributed by atoms with van der Waals surface area (Å²) in [4.78, 5) is 0. The number of nitriles is 1. The van der Waals surface area contributed by atoms with Crippen LogP contribution in [-0.2, 0) is 17.8 Å². The lowest BCUT2D eigenvalue weighted by atomic mass is 9.87. The molecule has 0 aromatic heterocycles. The largest absolute Gasteiger partial charge is 0.374 e. The van der Waals surface area contributed by atoms with Crippen LogP contribution in [0, 0.1) is 17.2 Å². The molecule has 0 saturated heterocycles. The highest BCUT2D eigenvalue weighted by atomic mass is 16.5. The Morgan fingerprint density at radius 1 is 1.08 bits per heavy atom. The first-order chi connectivity index (χ1) is 11.8. The molecule has 2 heteroatoms. The van der Waals surface area contributed by atoms with Gasteiger partial charge in [0.25, 0.3) is 0 Å². The molecule has 0 bridgehead atoms. The van der Waals surface area contributed by atoms with E-state index in [0.29, 0.717) is 12.0 Å². The third-order valence-corrected chi connectivity index (χ3v) is 4.71. The second-order valence-electron chi connectivity index (χ2n) is 6.64. The van der Waals surface area contributed by atoms with E-state index in [4.69, 9.17) is 10.00 Å². The highest BCUT2D eigenvalue weighted by Crippen LogP contribution is 2.27. The molecule has 0 aliphatic heterocycles. The Morgan fingerprint density at radius 2 is 1.79 bits per heavy atom. The summed E-state index contributed by atoms with van der Waals surface area (Å²) in [5.74, 6) is 0.631. The standard InChI is InChI=1S/C22H29NO/c1-2-3-7-19-9-11-21(12-10-19)18-24-22-15-13-20(14-16-22)8-5-4-6-17-23/h4-6,8-12,20,22H,2-3,7,13-16,18H2,1H3/b6-4+,8-5+. The van der Waals surface area contributed by atoms with Crippen LogP contribution in [0.5, 0.6) is 0 Å². The van der Waals surface area contributed by atoms with Gasteiger partial charge in [0.15, 0.2) is 0 Å². The maximum Gasteiger partial charge on any atom is 0.0912 e. The molecule has 0 heterocycles. The van der Waals surface area contributed by atoms with Crippen LogP contribution in [0.2, 0.25) is 0 Å². The number of unbranched alkanes of at least 4 members (excludes halogenated alkanes) is 1. The van der Waals surface area contributed by atoms with E-state index < -0.39 is 0 Å². The van der Waals surface area contributed by atoms with Gasteiger partial charge in [0.05, 0.1) is 18.8 Å². The summed E-state index contributed by atoms with van der Waals surface area (Å²) in [5.41, 5.74) is 2.71. The molecule has 0 radical (unpaired) electrons. The van der Waals surface area contributed by atoms with Gasteiger partial charge in [-0.05, 0) is 55.6 Å². The fraction of sp³-hybridized carbons (Fsp3) is 0.500. The summed E-state index contributed by atoms with van der Waals surface area (Å²) < 4.78 is 6.10. The van der Waals surface area contributed by atoms with Gasteiger partial charge in [-0.2, -0.15) is 5.26 Å². The van der Waals surface area contributed by atoms with Crippen molar-refractivity contribution in [3.8, 4) is 6.07 Å². The fourth-order valence-corrected chi connectivity index (χ4v) is 3.16. The van der Waals surface area contributed by atoms with Crippen molar-refractivity contribution in [1.29, 1.82) is 5.26 Å². The summed E-state index contributed by atoms with van der Waals surface area (Å²) in [7, 11) is 0. The summed E-state index contributed by atoms with van der Waals surface area (Å²) in [6.45, 7) is 2.96. The van der Waals surface area contributed by atoms with Gasteiger partial charge < -0.3 is 4.74 Å². The van der Waals surface area contributed by atoms with Crippen molar-refractivity contribution < 1.29 is 4.74 Å². The number of ether oxygens (including phenoxy) is 1. The normalized spacial score (nSPS) is 21.3. The van der Waals surface area contributed by atoms with Crippen LogP contribution in [-0.4, -0.2) is 6.10 Å². The SMILES string of the molecule is CCCCc1ccc(COC2CCC(/C=C/C=C/C#N)CC2)cc1. The maximum atomic E-state index is 8.46. The van der Waals surface area contributed by atoms with E-state index in [1.807, 2.05) is 18.2 Å². The van der Waals surface area contributed by atoms with Crippen molar-refractivity contribution in [3.63, 3.8) is 0 Å². The van der Waals surface area contributed by atoms with Crippen LogP contribution in [0.15, 0.2) is 48.6 Å². The van der Waals surface area contributed by atoms with Crippen LogP contribution in [0.1, 0.15) is 56.6 Å². The van der Waals surface area contributed by atoms with E-state index in [1.165, 1.54) is 49.3 Å². The molecule has 0 spiro atoms. The first-order valence-corrected chi connectivity index (χ1v) is 9.24. The number of hydrogen-bond donors (Lipinski definition) is 0. The van der Waals surface area contributed by atoms with Gasteiger partial charge in [-0.15, -0.1) is 0 Å². The second kappa shape index (κ2) is 10.8. The summed E-state index contributed by atoms with van der Waals surface area (Å²) in [5, 5.41) is 8.46. The van der Waals surface area contributed by atoms with Gasteiger partial charge in [-0.25, -0.2) is 0 Å². The van der Waals surface area contributed by atoms with E-state index >= 15 is 0 Å². The van der Waals surface area contributed by atoms with E-state index in [-0.39, 0.29) is 0 Å². The summed E-state index contributed by atoms with van der Waals surface area (Å²) >= 11 is 0. The van der Waals surface area contributed by atoms with E-state index in [0.717, 1.165) is 19.4 Å². The van der Waals surface area contributed by atoms with Crippen molar-refractivity contribution in [2.24, 2.45) is 5.92 Å². The number of allylic oxidation sites excluding steroid dienone is 4. The van der Waals surface area contributed by atoms with Crippen LogP contribution >= 0.6 is 0 Å². The molecule has 0 N–H and O–H groups in total. The number of hydrogen-bond acceptors (Lipinski definition) is 2. The Labute approximate surface area is 146 Å². The molecule has 0 unspecified atom stereocenters. The first kappa shape index (κ1) is 18.5. The van der Waals surface area contributed by atoms with E-state index in [2.05, 4.69) is 37.3 Å². The van der Waals surface area contributed by atoms with E-state index in [1.54, 1.807) is 0 Å². The lowest BCUT2D eigenvalue weighted by Crippen LogP contribution is -2.20. The fourth-order valence-electron chi connectivity index (χ4n) is 3.16. The Kier molecular flexibility index (Phi) is 8.35. The number of aryl methyl sites for hydroxylation is 1. The van der Waals surface area contributed by atoms with Gasteiger partial charge >= 0.3 is 0 Å². The van der Waals surface area contributed by atoms with Gasteiger partial charge in [0, 0.05) is 6.08 Å². The van der Waals surface area contributed by atoms with Crippen molar-refractivity contribution in [2.45, 2.75) is 64.6 Å². The van der Waals surface area contributed by atoms with Crippen molar-refractivity contribution in [3.05, 3.63) is 59.7 Å². The lowest BCUT2D eigenvalue weighted by molar-refractivity contribution is 0.0110. The maximum absolute atomic E-state index is 8.46. The highest BCUT2D eigenvalue weighted by Gasteiger charge is 2.19. The minimum atomic E-state index is 0.393. The van der Waals surface area contributed by atoms with Crippen molar-refractivity contribution in [1.82, 2.24) is 0 Å². The van der Waals surface area contributed by atoms with Gasteiger partial charge in [-0.1, -0.05) is 55.8 Å². The highest BCUT2D eigenvalue weighted by molar-refractivity contribution is 5.22. The molecular formula is C22H29NO. The molecule has 2 rings (SSSR count). The zero-order valence-electron chi connectivity index (χ0n) is 14.8. The molecule has 1 saturated carbocycles. The zero-order valence-corrected chi connectivity index (χ0v) is 14.8. The van der Waals surface area contributed by atoms with Crippen LogP contribution in [0.4, 0.5) is 0 Å². The molecular weight excluding hydrogens is 294 g/mol. The second-order valence-corrected chi connectivity index (χ2v) is 6.64. The number of benzene rings is 1. The first-order valence-electron chi connectivity index (χ1n) is 9.24. The third kappa shape index (κ3) is 6.72. The lowest BCUT2D eigenvalue weighted by Gasteiger charge is -2.26. The molecule has 1 aliphatic carbocycles. The van der Waals surface area contributed by atoms with Gasteiger partial charge in [-0.3, -0.25) is 0 Å². The van der Waals surface area contributed by atoms with Crippen LogP contribution in [0.25, 0.3) is 0 Å². The minimum Gasteiger partial charge on any atom is -0.374 e. The summed E-state index contributed by atoms with van der Waals surface area (Å²) in [6, 6.07) is 10.9. The molecule has 1 aromatic carbocycles. The average Bonchev–Trinajstić information content (AvgIpc) is 2.64. The monoisotopic (exact) mass is 323 g/mol. The molecule has 1 aliphatic rings. The Hall–Kier alpha value is -1.85. The topological polar surface area (TPSA) is 33.0 Å². The molecule has 0 amide bonds. The molecule has 2 nitrogen and oxygen atoms in total. The molecule has 128 valence electrons. The van der Waals surface area contributed by atoms with Crippen molar-refractivity contribution >= 4 is 0 Å². The van der Waals surface area contributed by atoms with Gasteiger partial charge in [0.2, 0.25) is 0 Å². The minimum absolute atomic E-state index is 0.393. The van der Waals surface area contributed by atoms with Crippen LogP contribution < -0.4 is 0 Å². The number of nitrogens with zero attached hydrogens (tertiary/aromatic N) is 1. The average molecular weight is 323 g/mol.